The van der Waals surface area contributed by atoms with Gasteiger partial charge in [-0.1, -0.05) is 12.1 Å². The molecular formula is C10H10N4OS. The molecule has 0 saturated heterocycles. The largest absolute Gasteiger partial charge is 0.339 e. The van der Waals surface area contributed by atoms with E-state index in [2.05, 4.69) is 21.2 Å². The fraction of sp³-hybridized carbons (Fsp3) is 0.400. The second-order valence-electron chi connectivity index (χ2n) is 3.42. The van der Waals surface area contributed by atoms with Gasteiger partial charge in [-0.15, -0.1) is 11.3 Å². The Hall–Kier alpha value is -1.74. The van der Waals surface area contributed by atoms with Gasteiger partial charge in [0.25, 0.3) is 0 Å². The monoisotopic (exact) mass is 234 g/mol. The van der Waals surface area contributed by atoms with Gasteiger partial charge in [0.15, 0.2) is 0 Å². The Morgan fingerprint density at radius 1 is 1.62 bits per heavy atom. The molecule has 0 aliphatic rings. The first kappa shape index (κ1) is 10.8. The third-order valence-electron chi connectivity index (χ3n) is 2.21. The van der Waals surface area contributed by atoms with Gasteiger partial charge < -0.3 is 4.52 Å². The predicted octanol–water partition coefficient (Wildman–Crippen LogP) is 2.60. The van der Waals surface area contributed by atoms with E-state index in [0.29, 0.717) is 18.1 Å². The van der Waals surface area contributed by atoms with Crippen molar-refractivity contribution in [3.8, 4) is 16.8 Å². The summed E-state index contributed by atoms with van der Waals surface area (Å²) in [5, 5.41) is 12.4. The highest BCUT2D eigenvalue weighted by atomic mass is 32.1. The molecule has 2 aromatic rings. The van der Waals surface area contributed by atoms with Crippen molar-refractivity contribution < 1.29 is 4.52 Å². The van der Waals surface area contributed by atoms with Crippen molar-refractivity contribution in [3.05, 3.63) is 17.6 Å². The van der Waals surface area contributed by atoms with Gasteiger partial charge >= 0.3 is 0 Å². The Kier molecular flexibility index (Phi) is 3.27. The third kappa shape index (κ3) is 2.25. The summed E-state index contributed by atoms with van der Waals surface area (Å²) in [6.07, 6.45) is 2.94. The number of thiazole rings is 1. The van der Waals surface area contributed by atoms with E-state index in [1.54, 1.807) is 11.7 Å². The molecule has 0 fully saturated rings. The number of hydrogen-bond acceptors (Lipinski definition) is 6. The van der Waals surface area contributed by atoms with Crippen LogP contribution in [0.1, 0.15) is 31.6 Å². The summed E-state index contributed by atoms with van der Waals surface area (Å²) >= 11 is 1.47. The molecule has 0 spiro atoms. The van der Waals surface area contributed by atoms with E-state index in [9.17, 15) is 0 Å². The first-order valence-corrected chi connectivity index (χ1v) is 5.78. The van der Waals surface area contributed by atoms with E-state index in [0.717, 1.165) is 11.3 Å². The maximum atomic E-state index is 8.49. The van der Waals surface area contributed by atoms with E-state index in [1.165, 1.54) is 11.3 Å². The van der Waals surface area contributed by atoms with Crippen LogP contribution in [0, 0.1) is 11.3 Å². The molecule has 5 nitrogen and oxygen atoms in total. The summed E-state index contributed by atoms with van der Waals surface area (Å²) in [7, 11) is 0. The van der Waals surface area contributed by atoms with Crippen LogP contribution in [0.15, 0.2) is 16.2 Å². The van der Waals surface area contributed by atoms with Crippen molar-refractivity contribution in [2.45, 2.75) is 25.7 Å². The molecule has 1 atom stereocenters. The van der Waals surface area contributed by atoms with Crippen molar-refractivity contribution in [1.82, 2.24) is 15.1 Å². The van der Waals surface area contributed by atoms with E-state index >= 15 is 0 Å². The molecule has 0 N–H and O–H groups in total. The molecule has 6 heteroatoms. The number of rotatable bonds is 4. The van der Waals surface area contributed by atoms with Crippen molar-refractivity contribution in [2.24, 2.45) is 0 Å². The zero-order valence-corrected chi connectivity index (χ0v) is 9.57. The highest BCUT2D eigenvalue weighted by Gasteiger charge is 2.15. The van der Waals surface area contributed by atoms with Gasteiger partial charge in [0.05, 0.1) is 16.5 Å². The molecule has 2 heterocycles. The van der Waals surface area contributed by atoms with Crippen molar-refractivity contribution in [1.29, 1.82) is 5.26 Å². The first-order chi connectivity index (χ1) is 7.81. The van der Waals surface area contributed by atoms with Gasteiger partial charge in [-0.3, -0.25) is 4.98 Å². The smallest absolute Gasteiger partial charge is 0.229 e. The Morgan fingerprint density at radius 3 is 3.19 bits per heavy atom. The van der Waals surface area contributed by atoms with Gasteiger partial charge in [-0.05, 0) is 6.42 Å². The van der Waals surface area contributed by atoms with Gasteiger partial charge in [0.2, 0.25) is 11.7 Å². The second kappa shape index (κ2) is 4.86. The minimum atomic E-state index is 0.119. The summed E-state index contributed by atoms with van der Waals surface area (Å²) < 4.78 is 5.16. The first-order valence-electron chi connectivity index (χ1n) is 4.90. The van der Waals surface area contributed by atoms with Gasteiger partial charge in [-0.2, -0.15) is 10.2 Å². The summed E-state index contributed by atoms with van der Waals surface area (Å²) in [6.45, 7) is 1.97. The highest BCUT2D eigenvalue weighted by Crippen LogP contribution is 2.24. The Balaban J connectivity index is 2.11. The van der Waals surface area contributed by atoms with Crippen molar-refractivity contribution >= 4 is 11.3 Å². The number of nitrogens with zero attached hydrogens (tertiary/aromatic N) is 4. The normalized spacial score (nSPS) is 12.2. The van der Waals surface area contributed by atoms with Crippen LogP contribution in [0.5, 0.6) is 0 Å². The fourth-order valence-corrected chi connectivity index (χ4v) is 1.81. The SMILES string of the molecule is CC(CCC#N)c1nc(-c2cncs2)no1. The zero-order chi connectivity index (χ0) is 11.4. The van der Waals surface area contributed by atoms with Crippen molar-refractivity contribution in [2.75, 3.05) is 0 Å². The maximum absolute atomic E-state index is 8.49. The predicted molar refractivity (Wildman–Crippen MR) is 58.7 cm³/mol. The lowest BCUT2D eigenvalue weighted by molar-refractivity contribution is 0.355. The van der Waals surface area contributed by atoms with Crippen LogP contribution < -0.4 is 0 Å². The van der Waals surface area contributed by atoms with E-state index < -0.39 is 0 Å². The fourth-order valence-electron chi connectivity index (χ4n) is 1.27. The van der Waals surface area contributed by atoms with Crippen LogP contribution in [0.2, 0.25) is 0 Å². The molecule has 0 radical (unpaired) electrons. The van der Waals surface area contributed by atoms with Gasteiger partial charge in [0.1, 0.15) is 0 Å². The average Bonchev–Trinajstić information content (AvgIpc) is 2.94. The number of nitriles is 1. The lowest BCUT2D eigenvalue weighted by atomic mass is 10.1. The molecule has 0 aliphatic heterocycles. The van der Waals surface area contributed by atoms with Crippen LogP contribution in [-0.4, -0.2) is 15.1 Å². The lowest BCUT2D eigenvalue weighted by Crippen LogP contribution is -1.93. The molecular weight excluding hydrogens is 224 g/mol. The molecule has 0 amide bonds. The Bertz CT molecular complexity index is 485. The summed E-state index contributed by atoms with van der Waals surface area (Å²) in [6, 6.07) is 2.10. The Labute approximate surface area is 96.8 Å². The van der Waals surface area contributed by atoms with E-state index in [1.807, 2.05) is 6.92 Å². The third-order valence-corrected chi connectivity index (χ3v) is 2.97. The number of hydrogen-bond donors (Lipinski definition) is 0. The maximum Gasteiger partial charge on any atom is 0.229 e. The minimum Gasteiger partial charge on any atom is -0.339 e. The van der Waals surface area contributed by atoms with E-state index in [4.69, 9.17) is 9.78 Å². The summed E-state index contributed by atoms with van der Waals surface area (Å²) in [4.78, 5) is 9.14. The van der Waals surface area contributed by atoms with Crippen LogP contribution in [-0.2, 0) is 0 Å². The molecule has 0 aromatic carbocycles. The molecule has 0 saturated carbocycles. The van der Waals surface area contributed by atoms with E-state index in [-0.39, 0.29) is 5.92 Å². The average molecular weight is 234 g/mol. The molecule has 0 bridgehead atoms. The summed E-state index contributed by atoms with van der Waals surface area (Å²) in [5.41, 5.74) is 1.73. The zero-order valence-electron chi connectivity index (χ0n) is 8.75. The van der Waals surface area contributed by atoms with Crippen LogP contribution >= 0.6 is 11.3 Å². The topological polar surface area (TPSA) is 75.6 Å². The number of aromatic nitrogens is 3. The highest BCUT2D eigenvalue weighted by molar-refractivity contribution is 7.13. The molecule has 2 aromatic heterocycles. The summed E-state index contributed by atoms with van der Waals surface area (Å²) in [5.74, 6) is 1.27. The molecule has 82 valence electrons. The lowest BCUT2D eigenvalue weighted by Gasteiger charge is -2.00. The van der Waals surface area contributed by atoms with Gasteiger partial charge in [0, 0.05) is 18.5 Å². The molecule has 16 heavy (non-hydrogen) atoms. The van der Waals surface area contributed by atoms with Crippen molar-refractivity contribution in [3.63, 3.8) is 0 Å². The van der Waals surface area contributed by atoms with Crippen LogP contribution in [0.4, 0.5) is 0 Å². The van der Waals surface area contributed by atoms with Gasteiger partial charge in [-0.25, -0.2) is 0 Å². The van der Waals surface area contributed by atoms with Crippen LogP contribution in [0.3, 0.4) is 0 Å². The quantitative estimate of drug-likeness (QED) is 0.812. The standard InChI is InChI=1S/C10H10N4OS/c1-7(3-2-4-11)10-13-9(14-15-10)8-5-12-6-16-8/h5-7H,2-3H2,1H3. The molecule has 2 rings (SSSR count). The molecule has 0 aliphatic carbocycles. The molecule has 1 unspecified atom stereocenters. The minimum absolute atomic E-state index is 0.119. The van der Waals surface area contributed by atoms with Crippen LogP contribution in [0.25, 0.3) is 10.7 Å². The second-order valence-corrected chi connectivity index (χ2v) is 4.31. The Morgan fingerprint density at radius 2 is 2.50 bits per heavy atom.